The van der Waals surface area contributed by atoms with E-state index in [4.69, 9.17) is 0 Å². The van der Waals surface area contributed by atoms with E-state index in [1.54, 1.807) is 4.90 Å². The summed E-state index contributed by atoms with van der Waals surface area (Å²) in [5, 5.41) is 2.92. The first-order valence-corrected chi connectivity index (χ1v) is 8.55. The molecule has 2 amide bonds. The topological polar surface area (TPSA) is 49.4 Å². The molecule has 0 heterocycles. The summed E-state index contributed by atoms with van der Waals surface area (Å²) in [6, 6.07) is 14.0. The number of amides is 2. The summed E-state index contributed by atoms with van der Waals surface area (Å²) in [7, 11) is 0. The van der Waals surface area contributed by atoms with E-state index in [1.807, 2.05) is 57.2 Å². The van der Waals surface area contributed by atoms with Crippen LogP contribution in [-0.2, 0) is 16.1 Å². The summed E-state index contributed by atoms with van der Waals surface area (Å²) in [5.74, 6) is -0.108. The van der Waals surface area contributed by atoms with Crippen LogP contribution in [0.1, 0.15) is 35.6 Å². The number of anilines is 1. The van der Waals surface area contributed by atoms with Gasteiger partial charge >= 0.3 is 0 Å². The SMILES string of the molecule is CC(=O)N(CCC(=O)NCc1cccc(C)c1)c1c(C)cccc1C. The van der Waals surface area contributed by atoms with Crippen molar-refractivity contribution in [2.45, 2.75) is 40.7 Å². The molecule has 0 saturated heterocycles. The molecule has 0 aliphatic carbocycles. The third-order valence-electron chi connectivity index (χ3n) is 4.22. The number of benzene rings is 2. The van der Waals surface area contributed by atoms with Crippen molar-refractivity contribution in [3.63, 3.8) is 0 Å². The lowest BCUT2D eigenvalue weighted by Crippen LogP contribution is -2.34. The van der Waals surface area contributed by atoms with Crippen LogP contribution in [-0.4, -0.2) is 18.4 Å². The number of nitrogens with zero attached hydrogens (tertiary/aromatic N) is 1. The maximum atomic E-state index is 12.2. The Balaban J connectivity index is 1.97. The Bertz CT molecular complexity index is 748. The second kappa shape index (κ2) is 8.47. The number of hydrogen-bond acceptors (Lipinski definition) is 2. The molecule has 4 nitrogen and oxygen atoms in total. The lowest BCUT2D eigenvalue weighted by Gasteiger charge is -2.25. The first-order valence-electron chi connectivity index (χ1n) is 8.55. The van der Waals surface area contributed by atoms with Gasteiger partial charge in [-0.1, -0.05) is 48.0 Å². The molecule has 0 bridgehead atoms. The average molecular weight is 338 g/mol. The Morgan fingerprint density at radius 2 is 1.64 bits per heavy atom. The van der Waals surface area contributed by atoms with E-state index < -0.39 is 0 Å². The van der Waals surface area contributed by atoms with Crippen molar-refractivity contribution < 1.29 is 9.59 Å². The molecular weight excluding hydrogens is 312 g/mol. The first kappa shape index (κ1) is 18.7. The molecule has 0 unspecified atom stereocenters. The van der Waals surface area contributed by atoms with E-state index in [9.17, 15) is 9.59 Å². The van der Waals surface area contributed by atoms with Crippen LogP contribution >= 0.6 is 0 Å². The normalized spacial score (nSPS) is 10.4. The highest BCUT2D eigenvalue weighted by molar-refractivity contribution is 5.94. The Labute approximate surface area is 149 Å². The Kier molecular flexibility index (Phi) is 6.34. The predicted octanol–water partition coefficient (Wildman–Crippen LogP) is 3.67. The minimum Gasteiger partial charge on any atom is -0.352 e. The van der Waals surface area contributed by atoms with Crippen LogP contribution in [0.25, 0.3) is 0 Å². The van der Waals surface area contributed by atoms with Crippen molar-refractivity contribution in [3.05, 3.63) is 64.7 Å². The second-order valence-electron chi connectivity index (χ2n) is 6.43. The summed E-state index contributed by atoms with van der Waals surface area (Å²) in [4.78, 5) is 25.9. The van der Waals surface area contributed by atoms with Crippen LogP contribution in [0.15, 0.2) is 42.5 Å². The molecule has 0 aliphatic heterocycles. The van der Waals surface area contributed by atoms with Crippen LogP contribution < -0.4 is 10.2 Å². The zero-order valence-electron chi connectivity index (χ0n) is 15.4. The van der Waals surface area contributed by atoms with Crippen LogP contribution in [0.3, 0.4) is 0 Å². The molecule has 0 aliphatic rings. The predicted molar refractivity (Wildman–Crippen MR) is 102 cm³/mol. The van der Waals surface area contributed by atoms with Gasteiger partial charge in [0.15, 0.2) is 0 Å². The summed E-state index contributed by atoms with van der Waals surface area (Å²) in [6.07, 6.45) is 0.277. The molecule has 1 N–H and O–H groups in total. The lowest BCUT2D eigenvalue weighted by molar-refractivity contribution is -0.121. The smallest absolute Gasteiger partial charge is 0.223 e. The minimum atomic E-state index is -0.0565. The minimum absolute atomic E-state index is 0.0520. The van der Waals surface area contributed by atoms with E-state index in [-0.39, 0.29) is 18.2 Å². The number of para-hydroxylation sites is 1. The van der Waals surface area contributed by atoms with E-state index in [0.717, 1.165) is 22.4 Å². The van der Waals surface area contributed by atoms with Gasteiger partial charge in [-0.3, -0.25) is 9.59 Å². The Hall–Kier alpha value is -2.62. The number of carbonyl (C=O) groups is 2. The maximum Gasteiger partial charge on any atom is 0.223 e. The van der Waals surface area contributed by atoms with Gasteiger partial charge in [0, 0.05) is 32.1 Å². The number of hydrogen-bond donors (Lipinski definition) is 1. The third kappa shape index (κ3) is 5.18. The molecule has 25 heavy (non-hydrogen) atoms. The molecule has 2 aromatic rings. The van der Waals surface area contributed by atoms with Crippen LogP contribution in [0, 0.1) is 20.8 Å². The summed E-state index contributed by atoms with van der Waals surface area (Å²) >= 11 is 0. The van der Waals surface area contributed by atoms with Crippen LogP contribution in [0.5, 0.6) is 0 Å². The average Bonchev–Trinajstić information content (AvgIpc) is 2.55. The number of rotatable bonds is 6. The third-order valence-corrected chi connectivity index (χ3v) is 4.22. The number of carbonyl (C=O) groups excluding carboxylic acids is 2. The molecule has 2 rings (SSSR count). The van der Waals surface area contributed by atoms with E-state index in [0.29, 0.717) is 13.1 Å². The summed E-state index contributed by atoms with van der Waals surface area (Å²) < 4.78 is 0. The zero-order valence-corrected chi connectivity index (χ0v) is 15.4. The lowest BCUT2D eigenvalue weighted by atomic mass is 10.1. The van der Waals surface area contributed by atoms with E-state index in [2.05, 4.69) is 11.4 Å². The number of aryl methyl sites for hydroxylation is 3. The highest BCUT2D eigenvalue weighted by Crippen LogP contribution is 2.24. The first-order chi connectivity index (χ1) is 11.9. The molecule has 4 heteroatoms. The van der Waals surface area contributed by atoms with Gasteiger partial charge in [0.2, 0.25) is 11.8 Å². The van der Waals surface area contributed by atoms with Crippen molar-refractivity contribution in [3.8, 4) is 0 Å². The molecule has 2 aromatic carbocycles. The van der Waals surface area contributed by atoms with Crippen LogP contribution in [0.2, 0.25) is 0 Å². The largest absolute Gasteiger partial charge is 0.352 e. The van der Waals surface area contributed by atoms with Gasteiger partial charge in [-0.25, -0.2) is 0 Å². The second-order valence-corrected chi connectivity index (χ2v) is 6.43. The fourth-order valence-electron chi connectivity index (χ4n) is 2.98. The van der Waals surface area contributed by atoms with E-state index >= 15 is 0 Å². The van der Waals surface area contributed by atoms with Crippen molar-refractivity contribution in [2.24, 2.45) is 0 Å². The van der Waals surface area contributed by atoms with Gasteiger partial charge in [-0.15, -0.1) is 0 Å². The Morgan fingerprint density at radius 1 is 1.00 bits per heavy atom. The monoisotopic (exact) mass is 338 g/mol. The zero-order chi connectivity index (χ0) is 18.4. The fourth-order valence-corrected chi connectivity index (χ4v) is 2.98. The highest BCUT2D eigenvalue weighted by atomic mass is 16.2. The Morgan fingerprint density at radius 3 is 2.24 bits per heavy atom. The van der Waals surface area contributed by atoms with Crippen molar-refractivity contribution in [2.75, 3.05) is 11.4 Å². The van der Waals surface area contributed by atoms with Gasteiger partial charge in [0.05, 0.1) is 0 Å². The van der Waals surface area contributed by atoms with Crippen molar-refractivity contribution >= 4 is 17.5 Å². The molecule has 0 atom stereocenters. The summed E-state index contributed by atoms with van der Waals surface area (Å²) in [6.45, 7) is 8.41. The van der Waals surface area contributed by atoms with E-state index in [1.165, 1.54) is 12.5 Å². The van der Waals surface area contributed by atoms with Gasteiger partial charge in [-0.2, -0.15) is 0 Å². The van der Waals surface area contributed by atoms with Gasteiger partial charge in [0.25, 0.3) is 0 Å². The molecule has 0 aromatic heterocycles. The number of nitrogens with one attached hydrogen (secondary N) is 1. The van der Waals surface area contributed by atoms with Gasteiger partial charge < -0.3 is 10.2 Å². The quantitative estimate of drug-likeness (QED) is 0.873. The van der Waals surface area contributed by atoms with Crippen LogP contribution in [0.4, 0.5) is 5.69 Å². The van der Waals surface area contributed by atoms with Crippen molar-refractivity contribution in [1.82, 2.24) is 5.32 Å². The summed E-state index contributed by atoms with van der Waals surface area (Å²) in [5.41, 5.74) is 5.23. The van der Waals surface area contributed by atoms with Crippen molar-refractivity contribution in [1.29, 1.82) is 0 Å². The molecule has 0 fully saturated rings. The van der Waals surface area contributed by atoms with Gasteiger partial charge in [0.1, 0.15) is 0 Å². The highest BCUT2D eigenvalue weighted by Gasteiger charge is 2.17. The molecule has 0 spiro atoms. The fraction of sp³-hybridized carbons (Fsp3) is 0.333. The van der Waals surface area contributed by atoms with Gasteiger partial charge in [-0.05, 0) is 37.5 Å². The standard InChI is InChI=1S/C21H26N2O2/c1-15-7-5-10-19(13-15)14-22-20(25)11-12-23(18(4)24)21-16(2)8-6-9-17(21)3/h5-10,13H,11-12,14H2,1-4H3,(H,22,25). The molecule has 0 saturated carbocycles. The molecule has 132 valence electrons. The molecular formula is C21H26N2O2. The molecule has 0 radical (unpaired) electrons. The maximum absolute atomic E-state index is 12.2.